The number of carbonyl (C=O) groups excluding carboxylic acids is 1. The molecule has 0 N–H and O–H groups in total. The maximum absolute atomic E-state index is 13.2. The van der Waals surface area contributed by atoms with Gasteiger partial charge in [0.1, 0.15) is 17.4 Å². The minimum absolute atomic E-state index is 0.0406. The molecule has 5 heterocycles. The van der Waals surface area contributed by atoms with Gasteiger partial charge in [0.15, 0.2) is 5.65 Å². The fourth-order valence-electron chi connectivity index (χ4n) is 5.46. The van der Waals surface area contributed by atoms with Gasteiger partial charge in [-0.3, -0.25) is 4.79 Å². The van der Waals surface area contributed by atoms with Crippen LogP contribution in [0.15, 0.2) is 42.6 Å². The second-order valence-electron chi connectivity index (χ2n) is 9.36. The van der Waals surface area contributed by atoms with E-state index >= 15 is 0 Å². The second kappa shape index (κ2) is 9.35. The molecule has 1 aromatic carbocycles. The minimum Gasteiger partial charge on any atom is -0.378 e. The fraction of sp³-hybridized carbons (Fsp3) is 0.500. The van der Waals surface area contributed by atoms with Gasteiger partial charge in [-0.15, -0.1) is 0 Å². The summed E-state index contributed by atoms with van der Waals surface area (Å²) >= 11 is 0. The van der Waals surface area contributed by atoms with E-state index in [1.807, 2.05) is 35.4 Å². The smallest absolute Gasteiger partial charge is 0.253 e. The molecule has 0 bridgehead atoms. The molecule has 34 heavy (non-hydrogen) atoms. The lowest BCUT2D eigenvalue weighted by Gasteiger charge is -2.34. The van der Waals surface area contributed by atoms with E-state index < -0.39 is 0 Å². The Balaban J connectivity index is 1.16. The van der Waals surface area contributed by atoms with Crippen LogP contribution in [0.25, 0.3) is 11.2 Å². The van der Waals surface area contributed by atoms with E-state index in [2.05, 4.69) is 26.6 Å². The highest BCUT2D eigenvalue weighted by Crippen LogP contribution is 2.35. The average Bonchev–Trinajstić information content (AvgIpc) is 3.57. The van der Waals surface area contributed by atoms with Crippen LogP contribution in [0.1, 0.15) is 54.0 Å². The van der Waals surface area contributed by atoms with E-state index in [0.29, 0.717) is 0 Å². The predicted octanol–water partition coefficient (Wildman–Crippen LogP) is 3.60. The third kappa shape index (κ3) is 4.05. The van der Waals surface area contributed by atoms with Crippen molar-refractivity contribution in [1.82, 2.24) is 19.4 Å². The zero-order valence-corrected chi connectivity index (χ0v) is 19.4. The summed E-state index contributed by atoms with van der Waals surface area (Å²) in [7, 11) is 0. The standard InChI is InChI=1S/C26H31N5O3/c32-26(19-5-7-20(8-6-19)29-14-17-33-18-15-29)30-12-9-21(10-13-30)31-24-22(3-1-11-27-24)28-25(31)23-4-2-16-34-23/h1,3,5-8,11,21,23H,2,4,9-10,12-18H2/t23-/m1/s1. The molecule has 2 aromatic heterocycles. The summed E-state index contributed by atoms with van der Waals surface area (Å²) in [5.41, 5.74) is 3.76. The van der Waals surface area contributed by atoms with Gasteiger partial charge in [0.2, 0.25) is 0 Å². The first-order valence-electron chi connectivity index (χ1n) is 12.4. The number of nitrogens with zero attached hydrogens (tertiary/aromatic N) is 5. The third-order valence-corrected chi connectivity index (χ3v) is 7.30. The summed E-state index contributed by atoms with van der Waals surface area (Å²) in [6, 6.07) is 12.3. The van der Waals surface area contributed by atoms with Crippen LogP contribution in [0.2, 0.25) is 0 Å². The Morgan fingerprint density at radius 3 is 2.47 bits per heavy atom. The summed E-state index contributed by atoms with van der Waals surface area (Å²) < 4.78 is 13.7. The van der Waals surface area contributed by atoms with Crippen LogP contribution >= 0.6 is 0 Å². The van der Waals surface area contributed by atoms with Crippen molar-refractivity contribution in [2.75, 3.05) is 50.9 Å². The Hall–Kier alpha value is -2.97. The Kier molecular flexibility index (Phi) is 5.93. The summed E-state index contributed by atoms with van der Waals surface area (Å²) in [6.07, 6.45) is 5.72. The molecule has 3 aliphatic heterocycles. The Bertz CT molecular complexity index is 1140. The van der Waals surface area contributed by atoms with Gasteiger partial charge < -0.3 is 23.8 Å². The number of aromatic nitrogens is 3. The Morgan fingerprint density at radius 2 is 1.74 bits per heavy atom. The summed E-state index contributed by atoms with van der Waals surface area (Å²) in [4.78, 5) is 27.0. The molecule has 0 unspecified atom stereocenters. The lowest BCUT2D eigenvalue weighted by molar-refractivity contribution is 0.0682. The maximum Gasteiger partial charge on any atom is 0.253 e. The normalized spacial score (nSPS) is 21.9. The summed E-state index contributed by atoms with van der Waals surface area (Å²) in [6.45, 7) is 5.55. The molecule has 1 atom stereocenters. The van der Waals surface area contributed by atoms with E-state index in [-0.39, 0.29) is 18.1 Å². The van der Waals surface area contributed by atoms with Crippen molar-refractivity contribution in [3.63, 3.8) is 0 Å². The first-order valence-corrected chi connectivity index (χ1v) is 12.4. The van der Waals surface area contributed by atoms with Gasteiger partial charge in [-0.1, -0.05) is 0 Å². The topological polar surface area (TPSA) is 72.7 Å². The number of hydrogen-bond donors (Lipinski definition) is 0. The molecule has 3 aromatic rings. The molecule has 0 aliphatic carbocycles. The molecule has 178 valence electrons. The molecule has 1 amide bonds. The van der Waals surface area contributed by atoms with Crippen LogP contribution in [-0.4, -0.2) is 71.3 Å². The van der Waals surface area contributed by atoms with Gasteiger partial charge in [-0.2, -0.15) is 0 Å². The van der Waals surface area contributed by atoms with E-state index in [4.69, 9.17) is 14.5 Å². The number of fused-ring (bicyclic) bond motifs is 1. The highest BCUT2D eigenvalue weighted by Gasteiger charge is 2.31. The zero-order valence-electron chi connectivity index (χ0n) is 19.4. The molecular weight excluding hydrogens is 430 g/mol. The van der Waals surface area contributed by atoms with Crippen molar-refractivity contribution in [2.24, 2.45) is 0 Å². The lowest BCUT2D eigenvalue weighted by atomic mass is 10.0. The number of piperidine rings is 1. The number of amides is 1. The van der Waals surface area contributed by atoms with Gasteiger partial charge >= 0.3 is 0 Å². The number of hydrogen-bond acceptors (Lipinski definition) is 6. The van der Waals surface area contributed by atoms with Crippen molar-refractivity contribution >= 4 is 22.8 Å². The first kappa shape index (κ1) is 21.6. The van der Waals surface area contributed by atoms with Gasteiger partial charge in [-0.05, 0) is 62.1 Å². The van der Waals surface area contributed by atoms with Crippen molar-refractivity contribution in [3.8, 4) is 0 Å². The highest BCUT2D eigenvalue weighted by atomic mass is 16.5. The van der Waals surface area contributed by atoms with E-state index in [1.165, 1.54) is 0 Å². The van der Waals surface area contributed by atoms with Gasteiger partial charge in [-0.25, -0.2) is 9.97 Å². The van der Waals surface area contributed by atoms with Crippen molar-refractivity contribution < 1.29 is 14.3 Å². The average molecular weight is 462 g/mol. The number of imidazole rings is 1. The number of ether oxygens (including phenoxy) is 2. The van der Waals surface area contributed by atoms with Crippen LogP contribution in [0, 0.1) is 0 Å². The molecule has 0 saturated carbocycles. The Labute approximate surface area is 199 Å². The van der Waals surface area contributed by atoms with E-state index in [0.717, 1.165) is 99.9 Å². The van der Waals surface area contributed by atoms with Crippen LogP contribution < -0.4 is 4.90 Å². The molecular formula is C26H31N5O3. The van der Waals surface area contributed by atoms with Crippen LogP contribution in [0.5, 0.6) is 0 Å². The number of morpholine rings is 1. The first-order chi connectivity index (χ1) is 16.8. The van der Waals surface area contributed by atoms with Crippen LogP contribution in [0.3, 0.4) is 0 Å². The SMILES string of the molecule is O=C(c1ccc(N2CCOCC2)cc1)N1CCC(n2c([C@H]3CCCO3)nc3cccnc32)CC1. The van der Waals surface area contributed by atoms with E-state index in [1.54, 1.807) is 0 Å². The van der Waals surface area contributed by atoms with Gasteiger partial charge in [0.05, 0.1) is 13.2 Å². The zero-order chi connectivity index (χ0) is 22.9. The quantitative estimate of drug-likeness (QED) is 0.591. The molecule has 8 nitrogen and oxygen atoms in total. The van der Waals surface area contributed by atoms with Crippen LogP contribution in [0.4, 0.5) is 5.69 Å². The molecule has 8 heteroatoms. The molecule has 0 spiro atoms. The molecule has 3 aliphatic rings. The minimum atomic E-state index is 0.0406. The number of likely N-dealkylation sites (tertiary alicyclic amines) is 1. The predicted molar refractivity (Wildman–Crippen MR) is 129 cm³/mol. The molecule has 6 rings (SSSR count). The highest BCUT2D eigenvalue weighted by molar-refractivity contribution is 5.94. The second-order valence-corrected chi connectivity index (χ2v) is 9.36. The van der Waals surface area contributed by atoms with Gasteiger partial charge in [0, 0.05) is 56.3 Å². The van der Waals surface area contributed by atoms with Crippen molar-refractivity contribution in [2.45, 2.75) is 37.8 Å². The maximum atomic E-state index is 13.2. The molecule has 0 radical (unpaired) electrons. The number of pyridine rings is 1. The number of rotatable bonds is 4. The monoisotopic (exact) mass is 461 g/mol. The van der Waals surface area contributed by atoms with Crippen molar-refractivity contribution in [3.05, 3.63) is 54.0 Å². The summed E-state index contributed by atoms with van der Waals surface area (Å²) in [5.74, 6) is 1.11. The Morgan fingerprint density at radius 1 is 0.941 bits per heavy atom. The molecule has 3 fully saturated rings. The fourth-order valence-corrected chi connectivity index (χ4v) is 5.46. The lowest BCUT2D eigenvalue weighted by Crippen LogP contribution is -2.39. The number of benzene rings is 1. The van der Waals surface area contributed by atoms with Gasteiger partial charge in [0.25, 0.3) is 5.91 Å². The number of carbonyl (C=O) groups is 1. The summed E-state index contributed by atoms with van der Waals surface area (Å²) in [5, 5.41) is 0. The molecule has 3 saturated heterocycles. The van der Waals surface area contributed by atoms with E-state index in [9.17, 15) is 4.79 Å². The largest absolute Gasteiger partial charge is 0.378 e. The third-order valence-electron chi connectivity index (χ3n) is 7.30. The van der Waals surface area contributed by atoms with Crippen molar-refractivity contribution in [1.29, 1.82) is 0 Å². The number of anilines is 1. The van der Waals surface area contributed by atoms with Crippen LogP contribution in [-0.2, 0) is 9.47 Å².